The first-order valence-corrected chi connectivity index (χ1v) is 9.06. The smallest absolute Gasteiger partial charge is 0.325 e. The van der Waals surface area contributed by atoms with E-state index in [-0.39, 0.29) is 17.1 Å². The van der Waals surface area contributed by atoms with Gasteiger partial charge in [-0.15, -0.1) is 0 Å². The number of carbonyl (C=O) groups excluding carboxylic acids is 1. The lowest BCUT2D eigenvalue weighted by atomic mass is 9.81. The van der Waals surface area contributed by atoms with Crippen molar-refractivity contribution < 1.29 is 4.79 Å². The van der Waals surface area contributed by atoms with Crippen molar-refractivity contribution in [1.82, 2.24) is 23.6 Å². The average molecular weight is 372 g/mol. The third-order valence-corrected chi connectivity index (χ3v) is 5.81. The van der Waals surface area contributed by atoms with Gasteiger partial charge in [-0.05, 0) is 19.8 Å². The molecule has 0 N–H and O–H groups in total. The van der Waals surface area contributed by atoms with Crippen molar-refractivity contribution in [2.45, 2.75) is 50.6 Å². The van der Waals surface area contributed by atoms with E-state index in [2.05, 4.69) is 11.1 Å². The molecule has 144 valence electrons. The molecule has 0 radical (unpaired) electrons. The Morgan fingerprint density at radius 3 is 2.48 bits per heavy atom. The Kier molecular flexibility index (Phi) is 4.68. The molecule has 0 saturated heterocycles. The fourth-order valence-corrected chi connectivity index (χ4v) is 3.93. The number of fused-ring (bicyclic) bond motifs is 1. The molecule has 1 saturated carbocycles. The average Bonchev–Trinajstić information content (AvgIpc) is 3.14. The highest BCUT2D eigenvalue weighted by molar-refractivity contribution is 5.83. The van der Waals surface area contributed by atoms with Crippen LogP contribution in [0.3, 0.4) is 0 Å². The number of hydrogen-bond acceptors (Lipinski definition) is 5. The van der Waals surface area contributed by atoms with E-state index < -0.39 is 22.8 Å². The molecule has 9 nitrogen and oxygen atoms in total. The molecular formula is C18H24N6O3. The van der Waals surface area contributed by atoms with Crippen LogP contribution in [0.5, 0.6) is 0 Å². The van der Waals surface area contributed by atoms with Gasteiger partial charge in [0.15, 0.2) is 11.2 Å². The van der Waals surface area contributed by atoms with Crippen LogP contribution in [0.25, 0.3) is 11.2 Å². The zero-order valence-electron chi connectivity index (χ0n) is 16.1. The van der Waals surface area contributed by atoms with Crippen molar-refractivity contribution in [3.63, 3.8) is 0 Å². The molecule has 0 unspecified atom stereocenters. The van der Waals surface area contributed by atoms with Crippen LogP contribution in [-0.2, 0) is 18.9 Å². The summed E-state index contributed by atoms with van der Waals surface area (Å²) in [6, 6.07) is 1.62. The molecule has 3 rings (SSSR count). The van der Waals surface area contributed by atoms with E-state index in [0.717, 1.165) is 23.8 Å². The Morgan fingerprint density at radius 1 is 1.26 bits per heavy atom. The number of carbonyl (C=O) groups is 1. The van der Waals surface area contributed by atoms with Gasteiger partial charge in [0.05, 0.1) is 12.4 Å². The topological polar surface area (TPSA) is 106 Å². The lowest BCUT2D eigenvalue weighted by Gasteiger charge is -2.40. The number of hydrogen-bond donors (Lipinski definition) is 0. The van der Waals surface area contributed by atoms with E-state index in [1.54, 1.807) is 14.0 Å². The fourth-order valence-electron chi connectivity index (χ4n) is 3.93. The lowest BCUT2D eigenvalue weighted by molar-refractivity contribution is -0.137. The van der Waals surface area contributed by atoms with E-state index >= 15 is 0 Å². The molecule has 1 atom stereocenters. The van der Waals surface area contributed by atoms with Crippen molar-refractivity contribution in [2.75, 3.05) is 7.05 Å². The van der Waals surface area contributed by atoms with E-state index in [1.165, 1.54) is 34.5 Å². The maximum absolute atomic E-state index is 13.1. The predicted octanol–water partition coefficient (Wildman–Crippen LogP) is 0.680. The van der Waals surface area contributed by atoms with Crippen molar-refractivity contribution in [3.05, 3.63) is 27.2 Å². The Bertz CT molecular complexity index is 1050. The van der Waals surface area contributed by atoms with Crippen molar-refractivity contribution in [1.29, 1.82) is 5.26 Å². The van der Waals surface area contributed by atoms with Crippen LogP contribution < -0.4 is 11.2 Å². The quantitative estimate of drug-likeness (QED) is 0.788. The van der Waals surface area contributed by atoms with Gasteiger partial charge < -0.3 is 9.47 Å². The minimum atomic E-state index is -0.808. The number of rotatable bonds is 3. The molecule has 1 amide bonds. The highest BCUT2D eigenvalue weighted by Gasteiger charge is 2.40. The van der Waals surface area contributed by atoms with Crippen LogP contribution in [0.1, 0.15) is 45.1 Å². The van der Waals surface area contributed by atoms with Gasteiger partial charge in [0.25, 0.3) is 5.56 Å². The van der Waals surface area contributed by atoms with Crippen LogP contribution >= 0.6 is 0 Å². The maximum atomic E-state index is 13.1. The first kappa shape index (κ1) is 18.9. The van der Waals surface area contributed by atoms with Crippen LogP contribution in [0.15, 0.2) is 15.9 Å². The number of aromatic nitrogens is 4. The van der Waals surface area contributed by atoms with Gasteiger partial charge in [-0.2, -0.15) is 5.26 Å². The lowest BCUT2D eigenvalue weighted by Crippen LogP contribution is -2.51. The van der Waals surface area contributed by atoms with Crippen LogP contribution in [-0.4, -0.2) is 42.1 Å². The number of aryl methyl sites for hydroxylation is 1. The molecule has 1 fully saturated rings. The van der Waals surface area contributed by atoms with Gasteiger partial charge in [-0.3, -0.25) is 18.7 Å². The zero-order chi connectivity index (χ0) is 19.9. The van der Waals surface area contributed by atoms with Gasteiger partial charge in [-0.25, -0.2) is 9.78 Å². The number of amides is 1. The predicted molar refractivity (Wildman–Crippen MR) is 99.1 cm³/mol. The summed E-state index contributed by atoms with van der Waals surface area (Å²) in [6.45, 7) is 1.68. The van der Waals surface area contributed by atoms with Gasteiger partial charge in [0, 0.05) is 21.1 Å². The first-order valence-electron chi connectivity index (χ1n) is 9.06. The second-order valence-electron chi connectivity index (χ2n) is 7.31. The second kappa shape index (κ2) is 6.68. The summed E-state index contributed by atoms with van der Waals surface area (Å²) in [5.41, 5.74) is -1.35. The molecule has 0 aliphatic heterocycles. The first-order chi connectivity index (χ1) is 12.7. The van der Waals surface area contributed by atoms with E-state index in [9.17, 15) is 19.6 Å². The van der Waals surface area contributed by atoms with Crippen LogP contribution in [0.4, 0.5) is 0 Å². The molecule has 2 aromatic rings. The standard InChI is InChI=1S/C18H24N6O3/c1-12(15(25)23(4)18(10-19)8-6-5-7-9-18)24-11-20-14-13(24)16(26)22(3)17(27)21(14)2/h11-12H,5-9H2,1-4H3/t12-/m0/s1. The van der Waals surface area contributed by atoms with Crippen molar-refractivity contribution in [2.24, 2.45) is 14.1 Å². The Morgan fingerprint density at radius 2 is 1.89 bits per heavy atom. The molecule has 0 bridgehead atoms. The molecule has 0 spiro atoms. The molecule has 9 heteroatoms. The van der Waals surface area contributed by atoms with Gasteiger partial charge >= 0.3 is 5.69 Å². The monoisotopic (exact) mass is 372 g/mol. The minimum Gasteiger partial charge on any atom is -0.325 e. The summed E-state index contributed by atoms with van der Waals surface area (Å²) in [4.78, 5) is 43.5. The maximum Gasteiger partial charge on any atom is 0.332 e. The molecular weight excluding hydrogens is 348 g/mol. The zero-order valence-corrected chi connectivity index (χ0v) is 16.1. The molecule has 1 aliphatic carbocycles. The highest BCUT2D eigenvalue weighted by Crippen LogP contribution is 2.33. The van der Waals surface area contributed by atoms with E-state index in [1.807, 2.05) is 0 Å². The third-order valence-electron chi connectivity index (χ3n) is 5.81. The molecule has 2 heterocycles. The molecule has 0 aromatic carbocycles. The van der Waals surface area contributed by atoms with E-state index in [0.29, 0.717) is 12.8 Å². The third kappa shape index (κ3) is 2.76. The normalized spacial score (nSPS) is 17.4. The van der Waals surface area contributed by atoms with Gasteiger partial charge in [0.2, 0.25) is 5.91 Å². The Hall–Kier alpha value is -2.89. The Balaban J connectivity index is 2.05. The molecule has 27 heavy (non-hydrogen) atoms. The number of likely N-dealkylation sites (N-methyl/N-ethyl adjacent to an activating group) is 1. The summed E-state index contributed by atoms with van der Waals surface area (Å²) in [5, 5.41) is 9.74. The molecule has 1 aliphatic rings. The molecule has 2 aromatic heterocycles. The minimum absolute atomic E-state index is 0.198. The van der Waals surface area contributed by atoms with Gasteiger partial charge in [0.1, 0.15) is 11.6 Å². The Labute approximate surface area is 156 Å². The SMILES string of the molecule is C[C@@H](C(=O)N(C)C1(C#N)CCCCC1)n1cnc2c1c(=O)n(C)c(=O)n2C. The van der Waals surface area contributed by atoms with Crippen molar-refractivity contribution in [3.8, 4) is 6.07 Å². The summed E-state index contributed by atoms with van der Waals surface area (Å²) in [6.07, 6.45) is 5.60. The van der Waals surface area contributed by atoms with Crippen LogP contribution in [0.2, 0.25) is 0 Å². The second-order valence-corrected chi connectivity index (χ2v) is 7.31. The summed E-state index contributed by atoms with van der Waals surface area (Å²) in [5.74, 6) is -0.256. The van der Waals surface area contributed by atoms with Crippen LogP contribution in [0, 0.1) is 11.3 Å². The van der Waals surface area contributed by atoms with Crippen molar-refractivity contribution >= 4 is 17.1 Å². The number of imidazole rings is 1. The van der Waals surface area contributed by atoms with E-state index in [4.69, 9.17) is 0 Å². The summed E-state index contributed by atoms with van der Waals surface area (Å²) in [7, 11) is 4.58. The largest absolute Gasteiger partial charge is 0.332 e. The fraction of sp³-hybridized carbons (Fsp3) is 0.611. The summed E-state index contributed by atoms with van der Waals surface area (Å²) < 4.78 is 3.77. The number of nitrogens with zero attached hydrogens (tertiary/aromatic N) is 6. The summed E-state index contributed by atoms with van der Waals surface area (Å²) >= 11 is 0. The van der Waals surface area contributed by atoms with Gasteiger partial charge in [-0.1, -0.05) is 19.3 Å². The number of nitriles is 1. The highest BCUT2D eigenvalue weighted by atomic mass is 16.2.